The Morgan fingerprint density at radius 2 is 1.50 bits per heavy atom. The van der Waals surface area contributed by atoms with Gasteiger partial charge in [0, 0.05) is 34.0 Å². The van der Waals surface area contributed by atoms with E-state index in [1.165, 1.54) is 28.4 Å². The van der Waals surface area contributed by atoms with Crippen LogP contribution in [0.1, 0.15) is 10.4 Å². The van der Waals surface area contributed by atoms with E-state index in [0.717, 1.165) is 0 Å². The first kappa shape index (κ1) is 14.8. The molecule has 0 unspecified atom stereocenters. The van der Waals surface area contributed by atoms with Gasteiger partial charge in [-0.3, -0.25) is 4.79 Å². The van der Waals surface area contributed by atoms with E-state index in [0.29, 0.717) is 5.56 Å². The average Bonchev–Trinajstić information content (AvgIpc) is 2.45. The van der Waals surface area contributed by atoms with Crippen molar-refractivity contribution in [2.45, 2.75) is 12.1 Å². The molecule has 5 heteroatoms. The van der Waals surface area contributed by atoms with Crippen molar-refractivity contribution in [2.24, 2.45) is 0 Å². The highest BCUT2D eigenvalue weighted by molar-refractivity contribution is 6.01. The van der Waals surface area contributed by atoms with Gasteiger partial charge >= 0.3 is 0 Å². The summed E-state index contributed by atoms with van der Waals surface area (Å²) in [4.78, 5) is 12.5. The number of hydrogen-bond acceptors (Lipinski definition) is 5. The highest BCUT2D eigenvalue weighted by Crippen LogP contribution is 2.25. The van der Waals surface area contributed by atoms with Crippen LogP contribution in [0.25, 0.3) is 0 Å². The van der Waals surface area contributed by atoms with Gasteiger partial charge in [0.05, 0.1) is 0 Å². The van der Waals surface area contributed by atoms with E-state index in [-0.39, 0.29) is 5.78 Å². The third-order valence-electron chi connectivity index (χ3n) is 2.70. The summed E-state index contributed by atoms with van der Waals surface area (Å²) in [5.74, 6) is -1.98. The number of methoxy groups -OCH3 is 4. The lowest BCUT2D eigenvalue weighted by atomic mass is 10.0. The van der Waals surface area contributed by atoms with Crippen LogP contribution in [-0.2, 0) is 18.9 Å². The summed E-state index contributed by atoms with van der Waals surface area (Å²) in [5.41, 5.74) is 0.459. The monoisotopic (exact) mass is 254 g/mol. The summed E-state index contributed by atoms with van der Waals surface area (Å²) in [6.07, 6.45) is -0.958. The molecule has 0 bridgehead atoms. The molecule has 5 nitrogen and oxygen atoms in total. The normalized spacial score (nSPS) is 11.8. The molecule has 100 valence electrons. The first-order chi connectivity index (χ1) is 8.66. The van der Waals surface area contributed by atoms with Gasteiger partial charge in [-0.15, -0.1) is 0 Å². The zero-order valence-corrected chi connectivity index (χ0v) is 11.0. The molecular formula is C13H18O5. The summed E-state index contributed by atoms with van der Waals surface area (Å²) < 4.78 is 20.6. The predicted molar refractivity (Wildman–Crippen MR) is 65.3 cm³/mol. The minimum absolute atomic E-state index is 0.359. The second kappa shape index (κ2) is 6.61. The number of carbonyl (C=O) groups is 1. The van der Waals surface area contributed by atoms with Crippen LogP contribution in [0.4, 0.5) is 0 Å². The molecule has 0 aliphatic rings. The van der Waals surface area contributed by atoms with Crippen molar-refractivity contribution in [3.63, 3.8) is 0 Å². The lowest BCUT2D eigenvalue weighted by Crippen LogP contribution is -2.54. The maximum Gasteiger partial charge on any atom is 0.286 e. The van der Waals surface area contributed by atoms with Crippen LogP contribution in [0.3, 0.4) is 0 Å². The van der Waals surface area contributed by atoms with E-state index in [1.54, 1.807) is 24.3 Å². The van der Waals surface area contributed by atoms with Gasteiger partial charge in [0.15, 0.2) is 0 Å². The maximum atomic E-state index is 12.5. The molecule has 0 atom stereocenters. The van der Waals surface area contributed by atoms with Crippen molar-refractivity contribution < 1.29 is 23.7 Å². The number of carbonyl (C=O) groups excluding carboxylic acids is 1. The van der Waals surface area contributed by atoms with Gasteiger partial charge in [0.25, 0.3) is 5.79 Å². The van der Waals surface area contributed by atoms with Crippen molar-refractivity contribution in [1.29, 1.82) is 0 Å². The molecule has 0 N–H and O–H groups in total. The zero-order chi connectivity index (χ0) is 13.6. The van der Waals surface area contributed by atoms with E-state index in [2.05, 4.69) is 0 Å². The third-order valence-corrected chi connectivity index (χ3v) is 2.70. The highest BCUT2D eigenvalue weighted by Gasteiger charge is 2.48. The molecule has 1 rings (SSSR count). The number of ether oxygens (including phenoxy) is 4. The quantitative estimate of drug-likeness (QED) is 0.545. The molecule has 0 aliphatic carbocycles. The van der Waals surface area contributed by atoms with E-state index in [9.17, 15) is 4.79 Å². The molecule has 0 aliphatic heterocycles. The molecule has 18 heavy (non-hydrogen) atoms. The lowest BCUT2D eigenvalue weighted by molar-refractivity contribution is -0.296. The summed E-state index contributed by atoms with van der Waals surface area (Å²) in [5, 5.41) is 0. The average molecular weight is 254 g/mol. The van der Waals surface area contributed by atoms with Gasteiger partial charge in [0.2, 0.25) is 12.1 Å². The summed E-state index contributed by atoms with van der Waals surface area (Å²) in [7, 11) is 5.57. The van der Waals surface area contributed by atoms with E-state index >= 15 is 0 Å². The first-order valence-electron chi connectivity index (χ1n) is 5.42. The molecule has 0 aromatic heterocycles. The Bertz CT molecular complexity index is 368. The SMILES string of the molecule is COC(OC)C(OC)(OC)C(=O)c1ccccc1. The number of rotatable bonds is 7. The number of ketones is 1. The predicted octanol–water partition coefficient (Wildman–Crippen LogP) is 1.48. The Morgan fingerprint density at radius 1 is 1.00 bits per heavy atom. The number of benzene rings is 1. The van der Waals surface area contributed by atoms with Crippen LogP contribution in [0, 0.1) is 0 Å². The second-order valence-corrected chi connectivity index (χ2v) is 3.57. The van der Waals surface area contributed by atoms with Gasteiger partial charge in [0.1, 0.15) is 0 Å². The minimum Gasteiger partial charge on any atom is -0.351 e. The standard InChI is InChI=1S/C13H18O5/c1-15-12(16-2)13(17-3,18-4)11(14)10-8-6-5-7-9-10/h5-9,12H,1-4H3. The molecule has 0 radical (unpaired) electrons. The number of hydrogen-bond donors (Lipinski definition) is 0. The van der Waals surface area contributed by atoms with Crippen LogP contribution in [0.5, 0.6) is 0 Å². The third kappa shape index (κ3) is 2.59. The van der Waals surface area contributed by atoms with Gasteiger partial charge in [-0.2, -0.15) is 0 Å². The molecule has 0 fully saturated rings. The minimum atomic E-state index is -1.62. The maximum absolute atomic E-state index is 12.5. The van der Waals surface area contributed by atoms with Gasteiger partial charge in [-0.05, 0) is 0 Å². The van der Waals surface area contributed by atoms with Crippen LogP contribution in [-0.4, -0.2) is 46.3 Å². The molecule has 0 heterocycles. The molecule has 0 saturated carbocycles. The summed E-state index contributed by atoms with van der Waals surface area (Å²) in [6.45, 7) is 0. The Hall–Kier alpha value is -1.27. The van der Waals surface area contributed by atoms with Gasteiger partial charge in [-0.25, -0.2) is 0 Å². The first-order valence-corrected chi connectivity index (χ1v) is 5.42. The Balaban J connectivity index is 3.16. The zero-order valence-electron chi connectivity index (χ0n) is 11.0. The highest BCUT2D eigenvalue weighted by atomic mass is 16.8. The van der Waals surface area contributed by atoms with Gasteiger partial charge in [-0.1, -0.05) is 30.3 Å². The molecule has 0 amide bonds. The van der Waals surface area contributed by atoms with E-state index in [1.807, 2.05) is 6.07 Å². The van der Waals surface area contributed by atoms with Crippen LogP contribution < -0.4 is 0 Å². The largest absolute Gasteiger partial charge is 0.351 e. The van der Waals surface area contributed by atoms with Crippen LogP contribution in [0.2, 0.25) is 0 Å². The topological polar surface area (TPSA) is 54.0 Å². The van der Waals surface area contributed by atoms with Crippen molar-refractivity contribution in [3.8, 4) is 0 Å². The van der Waals surface area contributed by atoms with Crippen LogP contribution >= 0.6 is 0 Å². The summed E-state index contributed by atoms with van der Waals surface area (Å²) >= 11 is 0. The molecule has 0 spiro atoms. The number of Topliss-reactive ketones (excluding diaryl/α,β-unsaturated/α-hetero) is 1. The smallest absolute Gasteiger partial charge is 0.286 e. The lowest BCUT2D eigenvalue weighted by Gasteiger charge is -2.34. The van der Waals surface area contributed by atoms with Crippen LogP contribution in [0.15, 0.2) is 30.3 Å². The van der Waals surface area contributed by atoms with Gasteiger partial charge < -0.3 is 18.9 Å². The van der Waals surface area contributed by atoms with E-state index in [4.69, 9.17) is 18.9 Å². The summed E-state index contributed by atoms with van der Waals surface area (Å²) in [6, 6.07) is 8.70. The Kier molecular flexibility index (Phi) is 5.43. The van der Waals surface area contributed by atoms with E-state index < -0.39 is 12.1 Å². The van der Waals surface area contributed by atoms with Crippen molar-refractivity contribution in [1.82, 2.24) is 0 Å². The Labute approximate surface area is 107 Å². The molecule has 1 aromatic carbocycles. The van der Waals surface area contributed by atoms with Crippen molar-refractivity contribution in [3.05, 3.63) is 35.9 Å². The fourth-order valence-corrected chi connectivity index (χ4v) is 1.77. The second-order valence-electron chi connectivity index (χ2n) is 3.57. The molecule has 1 aromatic rings. The van der Waals surface area contributed by atoms with Crippen molar-refractivity contribution in [2.75, 3.05) is 28.4 Å². The van der Waals surface area contributed by atoms with Crippen molar-refractivity contribution >= 4 is 5.78 Å². The molecular weight excluding hydrogens is 236 g/mol. The Morgan fingerprint density at radius 3 is 1.89 bits per heavy atom. The fourth-order valence-electron chi connectivity index (χ4n) is 1.77. The molecule has 0 saturated heterocycles. The fraction of sp³-hybridized carbons (Fsp3) is 0.462.